The Kier molecular flexibility index (Phi) is 11.8. The molecule has 0 saturated carbocycles. The monoisotopic (exact) mass is 774 g/mol. The first kappa shape index (κ1) is 34.3. The summed E-state index contributed by atoms with van der Waals surface area (Å²) in [6, 6.07) is 46.1. The summed E-state index contributed by atoms with van der Waals surface area (Å²) in [5, 5.41) is 11.3. The molecule has 7 heteroatoms. The zero-order chi connectivity index (χ0) is 34.5. The lowest BCUT2D eigenvalue weighted by molar-refractivity contribution is 0.104. The fraction of sp³-hybridized carbons (Fsp3) is 0.0930. The maximum Gasteiger partial charge on any atom is 0.193 e. The van der Waals surface area contributed by atoms with Crippen molar-refractivity contribution in [3.05, 3.63) is 189 Å². The Morgan fingerprint density at radius 3 is 1.54 bits per heavy atom. The van der Waals surface area contributed by atoms with Gasteiger partial charge in [0.15, 0.2) is 11.5 Å². The van der Waals surface area contributed by atoms with Gasteiger partial charge in [0.1, 0.15) is 55.0 Å². The summed E-state index contributed by atoms with van der Waals surface area (Å²) < 4.78 is 25.2. The fourth-order valence-electron chi connectivity index (χ4n) is 5.13. The highest BCUT2D eigenvalue weighted by molar-refractivity contribution is 14.1. The summed E-state index contributed by atoms with van der Waals surface area (Å²) in [7, 11) is 0. The molecule has 0 saturated heterocycles. The molecule has 0 heterocycles. The molecule has 0 fully saturated rings. The first-order chi connectivity index (χ1) is 24.5. The minimum atomic E-state index is -0.434. The molecule has 6 aromatic rings. The van der Waals surface area contributed by atoms with Crippen LogP contribution in [0.1, 0.15) is 38.2 Å². The zero-order valence-corrected chi connectivity index (χ0v) is 29.4. The van der Waals surface area contributed by atoms with Crippen molar-refractivity contribution in [1.29, 1.82) is 0 Å². The summed E-state index contributed by atoms with van der Waals surface area (Å²) in [5.74, 6) is 1.17. The predicted molar refractivity (Wildman–Crippen MR) is 204 cm³/mol. The van der Waals surface area contributed by atoms with Gasteiger partial charge in [-0.15, -0.1) is 0 Å². The lowest BCUT2D eigenvalue weighted by Crippen LogP contribution is -2.07. The molecule has 0 aromatic heterocycles. The van der Waals surface area contributed by atoms with E-state index in [0.29, 0.717) is 46.2 Å². The Labute approximate surface area is 305 Å². The summed E-state index contributed by atoms with van der Waals surface area (Å²) in [4.78, 5) is 13.9. The van der Waals surface area contributed by atoms with E-state index in [-0.39, 0.29) is 23.7 Å². The molecule has 50 heavy (non-hydrogen) atoms. The molecular weight excluding hydrogens is 739 g/mol. The van der Waals surface area contributed by atoms with Crippen molar-refractivity contribution in [3.8, 4) is 28.7 Å². The molecule has 0 aliphatic rings. The van der Waals surface area contributed by atoms with Gasteiger partial charge in [0.05, 0.1) is 3.57 Å². The van der Waals surface area contributed by atoms with Crippen molar-refractivity contribution < 1.29 is 28.8 Å². The number of benzene rings is 6. The van der Waals surface area contributed by atoms with Crippen LogP contribution in [-0.4, -0.2) is 10.9 Å². The molecule has 0 unspecified atom stereocenters. The number of halogens is 1. The van der Waals surface area contributed by atoms with Gasteiger partial charge in [0, 0.05) is 17.7 Å². The standard InChI is InChI=1S/C43H35IO6/c44-42-40(49-29-33-17-9-3-10-18-33)26-38(46)41(43(42)50-30-34-19-11-4-12-20-34)37(45)24-22-35-21-23-36(47-27-31-13-5-1-6-14-31)25-39(35)48-28-32-15-7-2-8-16-32/h1-26,46H,27-30H2/b24-22+. The fourth-order valence-corrected chi connectivity index (χ4v) is 5.87. The van der Waals surface area contributed by atoms with Gasteiger partial charge in [-0.05, 0) is 69.1 Å². The highest BCUT2D eigenvalue weighted by Crippen LogP contribution is 2.41. The van der Waals surface area contributed by atoms with Gasteiger partial charge in [0.25, 0.3) is 0 Å². The maximum atomic E-state index is 13.9. The van der Waals surface area contributed by atoms with E-state index in [4.69, 9.17) is 18.9 Å². The van der Waals surface area contributed by atoms with Crippen LogP contribution in [-0.2, 0) is 26.4 Å². The number of carbonyl (C=O) groups excluding carboxylic acids is 1. The topological polar surface area (TPSA) is 74.2 Å². The SMILES string of the molecule is O=C(/C=C/c1ccc(OCc2ccccc2)cc1OCc1ccccc1)c1c(O)cc(OCc2ccccc2)c(I)c1OCc1ccccc1. The average molecular weight is 775 g/mol. The second-order valence-corrected chi connectivity index (χ2v) is 12.5. The minimum absolute atomic E-state index is 0.0446. The van der Waals surface area contributed by atoms with Gasteiger partial charge in [0.2, 0.25) is 0 Å². The van der Waals surface area contributed by atoms with Gasteiger partial charge in [-0.2, -0.15) is 0 Å². The molecular formula is C43H35IO6. The van der Waals surface area contributed by atoms with E-state index in [1.165, 1.54) is 12.1 Å². The van der Waals surface area contributed by atoms with Gasteiger partial charge in [-0.25, -0.2) is 0 Å². The quantitative estimate of drug-likeness (QED) is 0.0636. The van der Waals surface area contributed by atoms with Gasteiger partial charge >= 0.3 is 0 Å². The van der Waals surface area contributed by atoms with E-state index in [2.05, 4.69) is 22.6 Å². The highest BCUT2D eigenvalue weighted by atomic mass is 127. The van der Waals surface area contributed by atoms with Crippen LogP contribution in [0.25, 0.3) is 6.08 Å². The third kappa shape index (κ3) is 9.33. The minimum Gasteiger partial charge on any atom is -0.507 e. The molecule has 6 aromatic carbocycles. The van der Waals surface area contributed by atoms with Crippen LogP contribution in [0.4, 0.5) is 0 Å². The lowest BCUT2D eigenvalue weighted by atomic mass is 10.1. The van der Waals surface area contributed by atoms with E-state index < -0.39 is 5.78 Å². The zero-order valence-electron chi connectivity index (χ0n) is 27.2. The molecule has 250 valence electrons. The molecule has 0 radical (unpaired) electrons. The van der Waals surface area contributed by atoms with E-state index in [9.17, 15) is 9.90 Å². The molecule has 0 bridgehead atoms. The van der Waals surface area contributed by atoms with Crippen LogP contribution < -0.4 is 18.9 Å². The Hall–Kier alpha value is -5.54. The van der Waals surface area contributed by atoms with E-state index >= 15 is 0 Å². The number of allylic oxidation sites excluding steroid dienone is 1. The van der Waals surface area contributed by atoms with Crippen molar-refractivity contribution in [2.75, 3.05) is 0 Å². The van der Waals surface area contributed by atoms with Crippen molar-refractivity contribution in [3.63, 3.8) is 0 Å². The van der Waals surface area contributed by atoms with Gasteiger partial charge < -0.3 is 24.1 Å². The summed E-state index contributed by atoms with van der Waals surface area (Å²) >= 11 is 2.11. The molecule has 6 nitrogen and oxygen atoms in total. The van der Waals surface area contributed by atoms with Crippen molar-refractivity contribution >= 4 is 34.5 Å². The number of ether oxygens (including phenoxy) is 4. The predicted octanol–water partition coefficient (Wildman–Crippen LogP) is 10.2. The van der Waals surface area contributed by atoms with Gasteiger partial charge in [-0.1, -0.05) is 121 Å². The van der Waals surface area contributed by atoms with E-state index in [1.807, 2.05) is 140 Å². The second kappa shape index (κ2) is 17.2. The van der Waals surface area contributed by atoms with E-state index in [1.54, 1.807) is 6.08 Å². The number of phenolic OH excluding ortho intramolecular Hbond substituents is 1. The van der Waals surface area contributed by atoms with Crippen LogP contribution >= 0.6 is 22.6 Å². The molecule has 1 N–H and O–H groups in total. The number of hydrogen-bond donors (Lipinski definition) is 1. The van der Waals surface area contributed by atoms with Crippen LogP contribution in [0.2, 0.25) is 0 Å². The Bertz CT molecular complexity index is 2030. The van der Waals surface area contributed by atoms with Crippen LogP contribution in [0, 0.1) is 3.57 Å². The third-order valence-corrected chi connectivity index (χ3v) is 8.78. The summed E-state index contributed by atoms with van der Waals surface area (Å²) in [5.41, 5.74) is 4.66. The number of ketones is 1. The number of rotatable bonds is 15. The summed E-state index contributed by atoms with van der Waals surface area (Å²) in [6.07, 6.45) is 3.09. The molecule has 0 aliphatic carbocycles. The van der Waals surface area contributed by atoms with Crippen molar-refractivity contribution in [2.24, 2.45) is 0 Å². The van der Waals surface area contributed by atoms with E-state index in [0.717, 1.165) is 22.3 Å². The van der Waals surface area contributed by atoms with Crippen LogP contribution in [0.15, 0.2) is 152 Å². The number of aromatic hydroxyl groups is 1. The second-order valence-electron chi connectivity index (χ2n) is 11.4. The normalized spacial score (nSPS) is 10.9. The van der Waals surface area contributed by atoms with Crippen LogP contribution in [0.5, 0.6) is 28.7 Å². The number of carbonyl (C=O) groups is 1. The smallest absolute Gasteiger partial charge is 0.193 e. The third-order valence-electron chi connectivity index (χ3n) is 7.76. The first-order valence-electron chi connectivity index (χ1n) is 16.1. The molecule has 6 rings (SSSR count). The summed E-state index contributed by atoms with van der Waals surface area (Å²) in [6.45, 7) is 1.22. The lowest BCUT2D eigenvalue weighted by Gasteiger charge is -2.17. The van der Waals surface area contributed by atoms with Gasteiger partial charge in [-0.3, -0.25) is 4.79 Å². The molecule has 0 amide bonds. The Morgan fingerprint density at radius 1 is 0.560 bits per heavy atom. The molecule has 0 spiro atoms. The molecule has 0 atom stereocenters. The number of phenols is 1. The Morgan fingerprint density at radius 2 is 1.02 bits per heavy atom. The number of hydrogen-bond acceptors (Lipinski definition) is 6. The largest absolute Gasteiger partial charge is 0.507 e. The maximum absolute atomic E-state index is 13.9. The van der Waals surface area contributed by atoms with Crippen molar-refractivity contribution in [2.45, 2.75) is 26.4 Å². The van der Waals surface area contributed by atoms with Crippen LogP contribution in [0.3, 0.4) is 0 Å². The van der Waals surface area contributed by atoms with Crippen molar-refractivity contribution in [1.82, 2.24) is 0 Å². The highest BCUT2D eigenvalue weighted by Gasteiger charge is 2.23. The molecule has 0 aliphatic heterocycles. The first-order valence-corrected chi connectivity index (χ1v) is 17.2. The Balaban J connectivity index is 1.28. The average Bonchev–Trinajstić information content (AvgIpc) is 3.16.